The van der Waals surface area contributed by atoms with Crippen molar-refractivity contribution in [3.05, 3.63) is 59.8 Å². The van der Waals surface area contributed by atoms with Crippen LogP contribution in [0.2, 0.25) is 0 Å². The summed E-state index contributed by atoms with van der Waals surface area (Å²) in [5.41, 5.74) is 16.8. The zero-order valence-electron chi connectivity index (χ0n) is 14.7. The highest BCUT2D eigenvalue weighted by atomic mass is 16.2. The van der Waals surface area contributed by atoms with Gasteiger partial charge in [0.1, 0.15) is 5.69 Å². The molecule has 2 heterocycles. The molecule has 2 aromatic carbocycles. The first-order valence-corrected chi connectivity index (χ1v) is 9.13. The summed E-state index contributed by atoms with van der Waals surface area (Å²) in [5, 5.41) is 1.08. The van der Waals surface area contributed by atoms with Crippen LogP contribution in [0.4, 0.5) is 0 Å². The van der Waals surface area contributed by atoms with Crippen LogP contribution >= 0.6 is 0 Å². The minimum absolute atomic E-state index is 0.00981. The first kappa shape index (κ1) is 16.8. The Morgan fingerprint density at radius 2 is 1.88 bits per heavy atom. The zero-order valence-corrected chi connectivity index (χ0v) is 14.7. The fraction of sp³-hybridized carbons (Fsp3) is 0.286. The van der Waals surface area contributed by atoms with Crippen LogP contribution in [0.25, 0.3) is 22.0 Å². The minimum atomic E-state index is -0.0689. The van der Waals surface area contributed by atoms with Crippen molar-refractivity contribution < 1.29 is 4.79 Å². The lowest BCUT2D eigenvalue weighted by Gasteiger charge is -2.24. The Bertz CT molecular complexity index is 946. The number of amides is 1. The number of H-pyrrole nitrogens is 1. The van der Waals surface area contributed by atoms with Gasteiger partial charge in [-0.15, -0.1) is 0 Å². The zero-order chi connectivity index (χ0) is 18.1. The van der Waals surface area contributed by atoms with Crippen molar-refractivity contribution in [1.29, 1.82) is 0 Å². The minimum Gasteiger partial charge on any atom is -0.350 e. The van der Waals surface area contributed by atoms with Crippen molar-refractivity contribution in [2.24, 2.45) is 11.5 Å². The van der Waals surface area contributed by atoms with Crippen LogP contribution in [0.15, 0.2) is 48.5 Å². The van der Waals surface area contributed by atoms with E-state index >= 15 is 0 Å². The average Bonchev–Trinajstić information content (AvgIpc) is 3.00. The van der Waals surface area contributed by atoms with Crippen molar-refractivity contribution in [3.8, 4) is 11.1 Å². The molecule has 1 amide bonds. The van der Waals surface area contributed by atoms with E-state index in [-0.39, 0.29) is 11.9 Å². The van der Waals surface area contributed by atoms with Crippen LogP contribution in [0.3, 0.4) is 0 Å². The Hall–Kier alpha value is -2.63. The standard InChI is InChI=1S/C21H24N4O/c22-11-5-7-15(23)13-25-12-14-6-1-2-8-16(14)19-17-9-3-4-10-18(17)24-20(19)21(25)26/h1-4,6,8-10,15,24H,5,7,11-13,22-23H2/t15-/m0/s1. The van der Waals surface area contributed by atoms with E-state index in [9.17, 15) is 4.79 Å². The molecule has 3 aromatic rings. The number of carbonyl (C=O) groups excluding carboxylic acids is 1. The average molecular weight is 348 g/mol. The summed E-state index contributed by atoms with van der Waals surface area (Å²) in [7, 11) is 0. The van der Waals surface area contributed by atoms with Crippen molar-refractivity contribution >= 4 is 16.8 Å². The van der Waals surface area contributed by atoms with Crippen LogP contribution < -0.4 is 11.5 Å². The lowest BCUT2D eigenvalue weighted by molar-refractivity contribution is 0.0729. The number of para-hydroxylation sites is 1. The van der Waals surface area contributed by atoms with Gasteiger partial charge in [0.25, 0.3) is 5.91 Å². The Labute approximate surface area is 153 Å². The number of fused-ring (bicyclic) bond motifs is 5. The molecule has 1 atom stereocenters. The summed E-state index contributed by atoms with van der Waals surface area (Å²) >= 11 is 0. The fourth-order valence-corrected chi connectivity index (χ4v) is 3.82. The molecule has 26 heavy (non-hydrogen) atoms. The second-order valence-electron chi connectivity index (χ2n) is 6.95. The Kier molecular flexibility index (Phi) is 4.49. The van der Waals surface area contributed by atoms with Gasteiger partial charge in [0.15, 0.2) is 0 Å². The monoisotopic (exact) mass is 348 g/mol. The lowest BCUT2D eigenvalue weighted by Crippen LogP contribution is -2.40. The summed E-state index contributed by atoms with van der Waals surface area (Å²) < 4.78 is 0. The van der Waals surface area contributed by atoms with Crippen molar-refractivity contribution in [1.82, 2.24) is 9.88 Å². The molecule has 0 aliphatic carbocycles. The van der Waals surface area contributed by atoms with E-state index < -0.39 is 0 Å². The predicted molar refractivity (Wildman–Crippen MR) is 105 cm³/mol. The van der Waals surface area contributed by atoms with Gasteiger partial charge in [0.05, 0.1) is 0 Å². The highest BCUT2D eigenvalue weighted by Crippen LogP contribution is 2.38. The van der Waals surface area contributed by atoms with Gasteiger partial charge in [-0.2, -0.15) is 0 Å². The Morgan fingerprint density at radius 1 is 1.12 bits per heavy atom. The largest absolute Gasteiger partial charge is 0.350 e. The molecule has 0 spiro atoms. The van der Waals surface area contributed by atoms with Crippen molar-refractivity contribution in [2.45, 2.75) is 25.4 Å². The van der Waals surface area contributed by atoms with Gasteiger partial charge in [-0.1, -0.05) is 42.5 Å². The van der Waals surface area contributed by atoms with Crippen LogP contribution in [0.5, 0.6) is 0 Å². The summed E-state index contributed by atoms with van der Waals surface area (Å²) in [6.07, 6.45) is 1.69. The number of hydrogen-bond acceptors (Lipinski definition) is 3. The number of nitrogens with one attached hydrogen (secondary N) is 1. The van der Waals surface area contributed by atoms with Crippen LogP contribution in [0, 0.1) is 0 Å². The lowest BCUT2D eigenvalue weighted by atomic mass is 9.98. The van der Waals surface area contributed by atoms with E-state index in [4.69, 9.17) is 11.5 Å². The third-order valence-corrected chi connectivity index (χ3v) is 5.09. The number of nitrogens with two attached hydrogens (primary N) is 2. The topological polar surface area (TPSA) is 88.1 Å². The number of nitrogens with zero attached hydrogens (tertiary/aromatic N) is 1. The molecule has 1 aromatic heterocycles. The quantitative estimate of drug-likeness (QED) is 0.662. The van der Waals surface area contributed by atoms with E-state index in [1.165, 1.54) is 0 Å². The van der Waals surface area contributed by atoms with Gasteiger partial charge < -0.3 is 21.4 Å². The third-order valence-electron chi connectivity index (χ3n) is 5.09. The number of aromatic nitrogens is 1. The number of rotatable bonds is 5. The molecule has 0 bridgehead atoms. The molecular weight excluding hydrogens is 324 g/mol. The summed E-state index contributed by atoms with van der Waals surface area (Å²) in [5.74, 6) is 0.00981. The second-order valence-corrected chi connectivity index (χ2v) is 6.95. The van der Waals surface area contributed by atoms with E-state index in [1.807, 2.05) is 35.2 Å². The van der Waals surface area contributed by atoms with Crippen LogP contribution in [0.1, 0.15) is 28.9 Å². The number of carbonyl (C=O) groups is 1. The molecule has 0 unspecified atom stereocenters. The maximum absolute atomic E-state index is 13.3. The fourth-order valence-electron chi connectivity index (χ4n) is 3.82. The maximum Gasteiger partial charge on any atom is 0.271 e. The van der Waals surface area contributed by atoms with Gasteiger partial charge >= 0.3 is 0 Å². The SMILES string of the molecule is NCCC[C@H](N)CN1Cc2ccccc2-c2c([nH]c3ccccc23)C1=O. The molecule has 4 rings (SSSR count). The van der Waals surface area contributed by atoms with Gasteiger partial charge in [-0.3, -0.25) is 4.79 Å². The van der Waals surface area contributed by atoms with Crippen molar-refractivity contribution in [2.75, 3.05) is 13.1 Å². The summed E-state index contributed by atoms with van der Waals surface area (Å²) in [4.78, 5) is 18.5. The number of hydrogen-bond donors (Lipinski definition) is 3. The van der Waals surface area contributed by atoms with Crippen LogP contribution in [-0.2, 0) is 6.54 Å². The summed E-state index contributed by atoms with van der Waals surface area (Å²) in [6, 6.07) is 16.2. The highest BCUT2D eigenvalue weighted by Gasteiger charge is 2.29. The van der Waals surface area contributed by atoms with Gasteiger partial charge in [0, 0.05) is 35.6 Å². The number of benzene rings is 2. The molecule has 5 nitrogen and oxygen atoms in total. The molecule has 0 radical (unpaired) electrons. The molecule has 5 heteroatoms. The molecule has 134 valence electrons. The van der Waals surface area contributed by atoms with E-state index in [2.05, 4.69) is 23.2 Å². The smallest absolute Gasteiger partial charge is 0.271 e. The third kappa shape index (κ3) is 2.89. The molecule has 0 fully saturated rings. The first-order chi connectivity index (χ1) is 12.7. The van der Waals surface area contributed by atoms with E-state index in [1.54, 1.807) is 0 Å². The molecule has 1 aliphatic rings. The first-order valence-electron chi connectivity index (χ1n) is 9.13. The molecular formula is C21H24N4O. The second kappa shape index (κ2) is 6.94. The maximum atomic E-state index is 13.3. The van der Waals surface area contributed by atoms with E-state index in [0.29, 0.717) is 25.3 Å². The van der Waals surface area contributed by atoms with Crippen LogP contribution in [-0.4, -0.2) is 34.9 Å². The summed E-state index contributed by atoms with van der Waals surface area (Å²) in [6.45, 7) is 1.72. The molecule has 0 saturated heterocycles. The van der Waals surface area contributed by atoms with Gasteiger partial charge in [-0.05, 0) is 36.6 Å². The molecule has 1 aliphatic heterocycles. The number of aromatic amines is 1. The normalized spacial score (nSPS) is 14.8. The van der Waals surface area contributed by atoms with E-state index in [0.717, 1.165) is 40.4 Å². The van der Waals surface area contributed by atoms with Gasteiger partial charge in [0.2, 0.25) is 0 Å². The highest BCUT2D eigenvalue weighted by molar-refractivity contribution is 6.11. The van der Waals surface area contributed by atoms with Gasteiger partial charge in [-0.25, -0.2) is 0 Å². The Morgan fingerprint density at radius 3 is 2.73 bits per heavy atom. The molecule has 0 saturated carbocycles. The van der Waals surface area contributed by atoms with Crippen molar-refractivity contribution in [3.63, 3.8) is 0 Å². The Balaban J connectivity index is 1.80. The predicted octanol–water partition coefficient (Wildman–Crippen LogP) is 2.86. The molecule has 5 N–H and O–H groups in total.